The number of hydrogen-bond acceptors (Lipinski definition) is 7. The zero-order chi connectivity index (χ0) is 19.8. The molecule has 1 amide bonds. The third-order valence-electron chi connectivity index (χ3n) is 4.46. The standard InChI is InChI=1S/C18H20N4O3S2/c1-4-27(24,25)13-7-5-12(6-8-13)9-20-17(23)16-15(19)14-10(2)11(3)21-22-18(14)26-16/h5-8H,4,9,19H2,1-3H3,(H,20,23). The van der Waals surface area contributed by atoms with Crippen LogP contribution in [-0.2, 0) is 16.4 Å². The smallest absolute Gasteiger partial charge is 0.263 e. The number of nitrogens with zero attached hydrogens (tertiary/aromatic N) is 2. The van der Waals surface area contributed by atoms with Gasteiger partial charge >= 0.3 is 0 Å². The Morgan fingerprint density at radius 1 is 1.19 bits per heavy atom. The number of carbonyl (C=O) groups is 1. The zero-order valence-corrected chi connectivity index (χ0v) is 16.9. The summed E-state index contributed by atoms with van der Waals surface area (Å²) in [5.74, 6) is -0.242. The predicted octanol–water partition coefficient (Wildman–Crippen LogP) is 2.61. The fraction of sp³-hybridized carbons (Fsp3) is 0.278. The van der Waals surface area contributed by atoms with Crippen molar-refractivity contribution in [3.63, 3.8) is 0 Å². The summed E-state index contributed by atoms with van der Waals surface area (Å²) in [4.78, 5) is 13.9. The van der Waals surface area contributed by atoms with Crippen LogP contribution in [0.5, 0.6) is 0 Å². The van der Waals surface area contributed by atoms with Crippen molar-refractivity contribution in [3.8, 4) is 0 Å². The quantitative estimate of drug-likeness (QED) is 0.675. The molecule has 0 unspecified atom stereocenters. The lowest BCUT2D eigenvalue weighted by atomic mass is 10.1. The third-order valence-corrected chi connectivity index (χ3v) is 7.30. The molecular weight excluding hydrogens is 384 g/mol. The molecular formula is C18H20N4O3S2. The first-order chi connectivity index (χ1) is 12.7. The van der Waals surface area contributed by atoms with Crippen LogP contribution >= 0.6 is 11.3 Å². The fourth-order valence-electron chi connectivity index (χ4n) is 2.65. The summed E-state index contributed by atoms with van der Waals surface area (Å²) in [6.45, 7) is 5.62. The van der Waals surface area contributed by atoms with Gasteiger partial charge < -0.3 is 11.1 Å². The molecule has 142 valence electrons. The highest BCUT2D eigenvalue weighted by Crippen LogP contribution is 2.34. The number of nitrogens with two attached hydrogens (primary N) is 1. The molecule has 1 aromatic carbocycles. The Kier molecular flexibility index (Phi) is 5.16. The molecule has 0 atom stereocenters. The van der Waals surface area contributed by atoms with Crippen molar-refractivity contribution in [2.75, 3.05) is 11.5 Å². The van der Waals surface area contributed by atoms with E-state index < -0.39 is 9.84 Å². The molecule has 7 nitrogen and oxygen atoms in total. The summed E-state index contributed by atoms with van der Waals surface area (Å²) >= 11 is 1.21. The van der Waals surface area contributed by atoms with Crippen LogP contribution in [0.1, 0.15) is 33.4 Å². The average Bonchev–Trinajstić information content (AvgIpc) is 3.00. The molecule has 2 aromatic heterocycles. The van der Waals surface area contributed by atoms with Crippen LogP contribution in [0.25, 0.3) is 10.2 Å². The minimum Gasteiger partial charge on any atom is -0.397 e. The monoisotopic (exact) mass is 404 g/mol. The van der Waals surface area contributed by atoms with Gasteiger partial charge in [-0.3, -0.25) is 4.79 Å². The zero-order valence-electron chi connectivity index (χ0n) is 15.2. The Hall–Kier alpha value is -2.52. The molecule has 2 heterocycles. The number of anilines is 1. The second-order valence-corrected chi connectivity index (χ2v) is 9.44. The Labute approximate surface area is 161 Å². The second kappa shape index (κ2) is 7.24. The lowest BCUT2D eigenvalue weighted by molar-refractivity contribution is 0.0956. The number of rotatable bonds is 5. The predicted molar refractivity (Wildman–Crippen MR) is 107 cm³/mol. The summed E-state index contributed by atoms with van der Waals surface area (Å²) in [7, 11) is -3.23. The number of benzene rings is 1. The Bertz CT molecular complexity index is 1120. The number of amides is 1. The summed E-state index contributed by atoms with van der Waals surface area (Å²) in [6.07, 6.45) is 0. The van der Waals surface area contributed by atoms with E-state index in [0.717, 1.165) is 22.2 Å². The average molecular weight is 405 g/mol. The maximum atomic E-state index is 12.6. The molecule has 0 fully saturated rings. The first kappa shape index (κ1) is 19.2. The Morgan fingerprint density at radius 3 is 2.48 bits per heavy atom. The van der Waals surface area contributed by atoms with Crippen LogP contribution in [0.4, 0.5) is 5.69 Å². The van der Waals surface area contributed by atoms with Gasteiger partial charge in [0.1, 0.15) is 9.71 Å². The number of fused-ring (bicyclic) bond motifs is 1. The summed E-state index contributed by atoms with van der Waals surface area (Å²) in [5, 5.41) is 11.8. The number of aryl methyl sites for hydroxylation is 2. The molecule has 0 saturated heterocycles. The van der Waals surface area contributed by atoms with Gasteiger partial charge in [-0.05, 0) is 37.1 Å². The largest absolute Gasteiger partial charge is 0.397 e. The van der Waals surface area contributed by atoms with E-state index in [4.69, 9.17) is 5.73 Å². The van der Waals surface area contributed by atoms with Gasteiger partial charge in [0, 0.05) is 11.9 Å². The van der Waals surface area contributed by atoms with Gasteiger partial charge in [0.2, 0.25) is 0 Å². The van der Waals surface area contributed by atoms with Gasteiger partial charge in [-0.25, -0.2) is 8.42 Å². The van der Waals surface area contributed by atoms with Crippen molar-refractivity contribution in [1.29, 1.82) is 0 Å². The van der Waals surface area contributed by atoms with E-state index in [1.54, 1.807) is 31.2 Å². The van der Waals surface area contributed by atoms with Gasteiger partial charge in [-0.15, -0.1) is 16.4 Å². The molecule has 9 heteroatoms. The normalized spacial score (nSPS) is 11.7. The van der Waals surface area contributed by atoms with E-state index in [2.05, 4.69) is 15.5 Å². The Balaban J connectivity index is 1.78. The van der Waals surface area contributed by atoms with Crippen molar-refractivity contribution in [1.82, 2.24) is 15.5 Å². The van der Waals surface area contributed by atoms with Crippen LogP contribution < -0.4 is 11.1 Å². The minimum atomic E-state index is -3.23. The lowest BCUT2D eigenvalue weighted by Gasteiger charge is -2.06. The molecule has 0 aliphatic rings. The highest BCUT2D eigenvalue weighted by atomic mass is 32.2. The molecule has 3 rings (SSSR count). The molecule has 27 heavy (non-hydrogen) atoms. The maximum Gasteiger partial charge on any atom is 0.263 e. The SMILES string of the molecule is CCS(=O)(=O)c1ccc(CNC(=O)c2sc3nnc(C)c(C)c3c2N)cc1. The van der Waals surface area contributed by atoms with Gasteiger partial charge in [0.15, 0.2) is 9.84 Å². The van der Waals surface area contributed by atoms with Crippen LogP contribution in [0, 0.1) is 13.8 Å². The number of hydrogen-bond donors (Lipinski definition) is 2. The number of nitrogens with one attached hydrogen (secondary N) is 1. The van der Waals surface area contributed by atoms with Crippen molar-refractivity contribution in [3.05, 3.63) is 46.0 Å². The van der Waals surface area contributed by atoms with Crippen molar-refractivity contribution in [2.45, 2.75) is 32.2 Å². The van der Waals surface area contributed by atoms with E-state index >= 15 is 0 Å². The van der Waals surface area contributed by atoms with E-state index in [9.17, 15) is 13.2 Å². The number of sulfone groups is 1. The van der Waals surface area contributed by atoms with Crippen LogP contribution in [0.2, 0.25) is 0 Å². The van der Waals surface area contributed by atoms with E-state index in [-0.39, 0.29) is 23.1 Å². The molecule has 0 saturated carbocycles. The summed E-state index contributed by atoms with van der Waals surface area (Å²) < 4.78 is 23.7. The van der Waals surface area contributed by atoms with Crippen molar-refractivity contribution in [2.24, 2.45) is 0 Å². The number of thiophene rings is 1. The molecule has 3 aromatic rings. The first-order valence-corrected chi connectivity index (χ1v) is 10.8. The van der Waals surface area contributed by atoms with Crippen LogP contribution in [0.15, 0.2) is 29.2 Å². The topological polar surface area (TPSA) is 115 Å². The van der Waals surface area contributed by atoms with Gasteiger partial charge in [-0.1, -0.05) is 19.1 Å². The molecule has 0 radical (unpaired) electrons. The molecule has 0 spiro atoms. The van der Waals surface area contributed by atoms with Gasteiger partial charge in [0.25, 0.3) is 5.91 Å². The van der Waals surface area contributed by atoms with Crippen molar-refractivity contribution >= 4 is 43.0 Å². The highest BCUT2D eigenvalue weighted by Gasteiger charge is 2.19. The number of carbonyl (C=O) groups excluding carboxylic acids is 1. The number of aromatic nitrogens is 2. The van der Waals surface area contributed by atoms with Crippen molar-refractivity contribution < 1.29 is 13.2 Å². The highest BCUT2D eigenvalue weighted by molar-refractivity contribution is 7.91. The van der Waals surface area contributed by atoms with E-state index in [1.165, 1.54) is 11.3 Å². The van der Waals surface area contributed by atoms with Crippen LogP contribution in [-0.4, -0.2) is 30.3 Å². The van der Waals surface area contributed by atoms with Gasteiger partial charge in [0.05, 0.1) is 22.0 Å². The van der Waals surface area contributed by atoms with E-state index in [1.807, 2.05) is 13.8 Å². The molecule has 0 bridgehead atoms. The summed E-state index contributed by atoms with van der Waals surface area (Å²) in [5.41, 5.74) is 9.08. The number of nitrogen functional groups attached to an aromatic ring is 1. The minimum absolute atomic E-state index is 0.0517. The lowest BCUT2D eigenvalue weighted by Crippen LogP contribution is -2.22. The molecule has 0 aliphatic heterocycles. The maximum absolute atomic E-state index is 12.6. The van der Waals surface area contributed by atoms with Gasteiger partial charge in [-0.2, -0.15) is 5.10 Å². The summed E-state index contributed by atoms with van der Waals surface area (Å²) in [6, 6.07) is 6.48. The first-order valence-electron chi connectivity index (χ1n) is 8.36. The molecule has 3 N–H and O–H groups in total. The van der Waals surface area contributed by atoms with Crippen LogP contribution in [0.3, 0.4) is 0 Å². The Morgan fingerprint density at radius 2 is 1.85 bits per heavy atom. The molecule has 0 aliphatic carbocycles. The van der Waals surface area contributed by atoms with E-state index in [0.29, 0.717) is 15.4 Å². The third kappa shape index (κ3) is 3.65. The fourth-order valence-corrected chi connectivity index (χ4v) is 4.55. The second-order valence-electron chi connectivity index (χ2n) is 6.17.